The summed E-state index contributed by atoms with van der Waals surface area (Å²) in [7, 11) is 0. The number of hydrogen-bond donors (Lipinski definition) is 1. The van der Waals surface area contributed by atoms with E-state index in [1.165, 1.54) is 6.07 Å². The number of ether oxygens (including phenoxy) is 1. The highest BCUT2D eigenvalue weighted by molar-refractivity contribution is 6.30. The summed E-state index contributed by atoms with van der Waals surface area (Å²) in [5, 5.41) is 9.00. The molecule has 7 heteroatoms. The van der Waals surface area contributed by atoms with E-state index in [1.54, 1.807) is 0 Å². The summed E-state index contributed by atoms with van der Waals surface area (Å²) in [4.78, 5) is 0. The van der Waals surface area contributed by atoms with Crippen LogP contribution < -0.4 is 4.74 Å². The van der Waals surface area contributed by atoms with Crippen molar-refractivity contribution in [2.24, 2.45) is 0 Å². The van der Waals surface area contributed by atoms with E-state index in [0.29, 0.717) is 0 Å². The standard InChI is InChI=1S/C8H5ClF4O2/c9-4-1-2-5(14)6(3-4)15-8(12,13)7(10)11/h1-3,7,14H. The summed E-state index contributed by atoms with van der Waals surface area (Å²) in [6, 6.07) is 2.97. The Labute approximate surface area is 87.0 Å². The fraction of sp³-hybridized carbons (Fsp3) is 0.250. The highest BCUT2D eigenvalue weighted by Gasteiger charge is 2.44. The van der Waals surface area contributed by atoms with Crippen molar-refractivity contribution in [3.8, 4) is 11.5 Å². The summed E-state index contributed by atoms with van der Waals surface area (Å²) in [5.74, 6) is -1.49. The predicted molar refractivity (Wildman–Crippen MR) is 44.7 cm³/mol. The van der Waals surface area contributed by atoms with Crippen LogP contribution in [-0.2, 0) is 0 Å². The molecule has 2 nitrogen and oxygen atoms in total. The molecule has 1 N–H and O–H groups in total. The maximum Gasteiger partial charge on any atom is 0.461 e. The SMILES string of the molecule is Oc1ccc(Cl)cc1OC(F)(F)C(F)F. The topological polar surface area (TPSA) is 29.5 Å². The van der Waals surface area contributed by atoms with E-state index in [9.17, 15) is 17.6 Å². The first-order valence-electron chi connectivity index (χ1n) is 3.66. The van der Waals surface area contributed by atoms with Crippen LogP contribution >= 0.6 is 11.6 Å². The van der Waals surface area contributed by atoms with Gasteiger partial charge in [0.15, 0.2) is 11.5 Å². The van der Waals surface area contributed by atoms with Gasteiger partial charge >= 0.3 is 12.5 Å². The number of alkyl halides is 4. The quantitative estimate of drug-likeness (QED) is 0.827. The van der Waals surface area contributed by atoms with Crippen molar-refractivity contribution in [1.29, 1.82) is 0 Å². The third-order valence-electron chi connectivity index (χ3n) is 1.42. The molecule has 84 valence electrons. The van der Waals surface area contributed by atoms with Crippen LogP contribution in [0, 0.1) is 0 Å². The number of phenolic OH excluding ortho intramolecular Hbond substituents is 1. The van der Waals surface area contributed by atoms with Crippen molar-refractivity contribution >= 4 is 11.6 Å². The molecule has 0 aliphatic rings. The monoisotopic (exact) mass is 244 g/mol. The van der Waals surface area contributed by atoms with Crippen LogP contribution in [0.3, 0.4) is 0 Å². The van der Waals surface area contributed by atoms with Gasteiger partial charge in [0.2, 0.25) is 0 Å². The van der Waals surface area contributed by atoms with Crippen molar-refractivity contribution in [2.75, 3.05) is 0 Å². The minimum Gasteiger partial charge on any atom is -0.504 e. The molecule has 0 heterocycles. The van der Waals surface area contributed by atoms with E-state index in [4.69, 9.17) is 16.7 Å². The Balaban J connectivity index is 2.94. The van der Waals surface area contributed by atoms with Crippen LogP contribution in [0.15, 0.2) is 18.2 Å². The van der Waals surface area contributed by atoms with Gasteiger partial charge in [-0.3, -0.25) is 0 Å². The van der Waals surface area contributed by atoms with Gasteiger partial charge in [-0.15, -0.1) is 0 Å². The first-order chi connectivity index (χ1) is 6.83. The Hall–Kier alpha value is -1.17. The molecule has 0 amide bonds. The van der Waals surface area contributed by atoms with E-state index in [-0.39, 0.29) is 5.02 Å². The van der Waals surface area contributed by atoms with E-state index < -0.39 is 24.0 Å². The molecule has 0 atom stereocenters. The lowest BCUT2D eigenvalue weighted by Gasteiger charge is -2.17. The second-order valence-corrected chi connectivity index (χ2v) is 3.01. The number of aromatic hydroxyl groups is 1. The minimum atomic E-state index is -4.66. The van der Waals surface area contributed by atoms with Crippen molar-refractivity contribution in [3.63, 3.8) is 0 Å². The third-order valence-corrected chi connectivity index (χ3v) is 1.66. The summed E-state index contributed by atoms with van der Waals surface area (Å²) < 4.78 is 52.0. The van der Waals surface area contributed by atoms with Crippen molar-refractivity contribution < 1.29 is 27.4 Å². The Kier molecular flexibility index (Phi) is 3.28. The van der Waals surface area contributed by atoms with E-state index in [2.05, 4.69) is 4.74 Å². The molecule has 0 saturated heterocycles. The zero-order chi connectivity index (χ0) is 11.6. The maximum absolute atomic E-state index is 12.4. The Morgan fingerprint density at radius 2 is 1.93 bits per heavy atom. The lowest BCUT2D eigenvalue weighted by Crippen LogP contribution is -2.33. The molecule has 0 aliphatic heterocycles. The van der Waals surface area contributed by atoms with E-state index in [1.807, 2.05) is 0 Å². The minimum absolute atomic E-state index is 0.0205. The predicted octanol–water partition coefficient (Wildman–Crippen LogP) is 3.28. The van der Waals surface area contributed by atoms with Gasteiger partial charge in [0.25, 0.3) is 0 Å². The second kappa shape index (κ2) is 4.14. The van der Waals surface area contributed by atoms with Gasteiger partial charge in [-0.05, 0) is 12.1 Å². The lowest BCUT2D eigenvalue weighted by molar-refractivity contribution is -0.253. The molecule has 1 rings (SSSR count). The number of benzene rings is 1. The highest BCUT2D eigenvalue weighted by atomic mass is 35.5. The molecule has 0 aliphatic carbocycles. The largest absolute Gasteiger partial charge is 0.504 e. The summed E-state index contributed by atoms with van der Waals surface area (Å²) in [6.07, 6.45) is -8.65. The molecule has 1 aromatic rings. The Morgan fingerprint density at radius 1 is 1.33 bits per heavy atom. The summed E-state index contributed by atoms with van der Waals surface area (Å²) in [5.41, 5.74) is 0. The number of phenols is 1. The zero-order valence-electron chi connectivity index (χ0n) is 7.05. The van der Waals surface area contributed by atoms with Crippen LogP contribution in [0.2, 0.25) is 5.02 Å². The Morgan fingerprint density at radius 3 is 2.47 bits per heavy atom. The molecule has 0 fully saturated rings. The smallest absolute Gasteiger partial charge is 0.461 e. The first kappa shape index (κ1) is 11.9. The fourth-order valence-electron chi connectivity index (χ4n) is 0.761. The number of halogens is 5. The van der Waals surface area contributed by atoms with Crippen LogP contribution in [0.1, 0.15) is 0 Å². The summed E-state index contributed by atoms with van der Waals surface area (Å²) >= 11 is 5.40. The third kappa shape index (κ3) is 2.89. The first-order valence-corrected chi connectivity index (χ1v) is 4.04. The average Bonchev–Trinajstić information content (AvgIpc) is 2.10. The zero-order valence-corrected chi connectivity index (χ0v) is 7.81. The van der Waals surface area contributed by atoms with Gasteiger partial charge in [0.05, 0.1) is 0 Å². The molecule has 15 heavy (non-hydrogen) atoms. The van der Waals surface area contributed by atoms with Crippen molar-refractivity contribution in [1.82, 2.24) is 0 Å². The molecule has 0 radical (unpaired) electrons. The average molecular weight is 245 g/mol. The van der Waals surface area contributed by atoms with Gasteiger partial charge in [0, 0.05) is 11.1 Å². The maximum atomic E-state index is 12.4. The van der Waals surface area contributed by atoms with Gasteiger partial charge in [-0.1, -0.05) is 11.6 Å². The van der Waals surface area contributed by atoms with E-state index in [0.717, 1.165) is 12.1 Å². The Bertz CT molecular complexity index is 356. The van der Waals surface area contributed by atoms with E-state index >= 15 is 0 Å². The van der Waals surface area contributed by atoms with Gasteiger partial charge < -0.3 is 9.84 Å². The molecule has 0 aromatic heterocycles. The molecule has 0 saturated carbocycles. The summed E-state index contributed by atoms with van der Waals surface area (Å²) in [6.45, 7) is 0. The number of hydrogen-bond acceptors (Lipinski definition) is 2. The van der Waals surface area contributed by atoms with Crippen molar-refractivity contribution in [3.05, 3.63) is 23.2 Å². The van der Waals surface area contributed by atoms with Crippen molar-refractivity contribution in [2.45, 2.75) is 12.5 Å². The molecule has 0 bridgehead atoms. The fourth-order valence-corrected chi connectivity index (χ4v) is 0.923. The van der Waals surface area contributed by atoms with Gasteiger partial charge in [-0.2, -0.15) is 17.6 Å². The van der Waals surface area contributed by atoms with Gasteiger partial charge in [0.1, 0.15) is 0 Å². The molecule has 1 aromatic carbocycles. The van der Waals surface area contributed by atoms with Gasteiger partial charge in [-0.25, -0.2) is 0 Å². The van der Waals surface area contributed by atoms with Crippen LogP contribution in [0.4, 0.5) is 17.6 Å². The van der Waals surface area contributed by atoms with Crippen LogP contribution in [0.5, 0.6) is 11.5 Å². The molecule has 0 spiro atoms. The molecular weight excluding hydrogens is 240 g/mol. The highest BCUT2D eigenvalue weighted by Crippen LogP contribution is 2.35. The van der Waals surface area contributed by atoms with Crippen LogP contribution in [0.25, 0.3) is 0 Å². The second-order valence-electron chi connectivity index (χ2n) is 2.58. The lowest BCUT2D eigenvalue weighted by atomic mass is 10.3. The molecular formula is C8H5ClF4O2. The number of rotatable bonds is 3. The van der Waals surface area contributed by atoms with Crippen LogP contribution in [-0.4, -0.2) is 17.6 Å². The normalized spacial score (nSPS) is 11.9. The molecule has 0 unspecified atom stereocenters.